The standard InChI is InChI=1S/C30H38O3Si/c1-20-15-23-24-16-21(2)27(33-34(8,9)29(3,4)5)18-28(24)32-30(6,7)25(23)17-26(20)31-19-22-13-11-10-12-14-22/h10-18H,19H2,1-9H3. The van der Waals surface area contributed by atoms with E-state index in [1.807, 2.05) is 18.2 Å². The van der Waals surface area contributed by atoms with Gasteiger partial charge in [-0.05, 0) is 86.3 Å². The van der Waals surface area contributed by atoms with Crippen molar-refractivity contribution in [1.29, 1.82) is 0 Å². The van der Waals surface area contributed by atoms with E-state index in [0.717, 1.165) is 45.1 Å². The molecule has 4 rings (SSSR count). The number of aryl methyl sites for hydroxylation is 2. The van der Waals surface area contributed by atoms with Crippen LogP contribution in [0.25, 0.3) is 11.1 Å². The Labute approximate surface area is 206 Å². The third-order valence-corrected chi connectivity index (χ3v) is 11.6. The molecule has 0 amide bonds. The second kappa shape index (κ2) is 8.49. The van der Waals surface area contributed by atoms with E-state index in [9.17, 15) is 0 Å². The van der Waals surface area contributed by atoms with Crippen molar-refractivity contribution in [2.45, 2.75) is 78.8 Å². The van der Waals surface area contributed by atoms with Gasteiger partial charge in [0.2, 0.25) is 8.32 Å². The van der Waals surface area contributed by atoms with Crippen LogP contribution in [0.15, 0.2) is 54.6 Å². The fraction of sp³-hybridized carbons (Fsp3) is 0.400. The summed E-state index contributed by atoms with van der Waals surface area (Å²) >= 11 is 0. The lowest BCUT2D eigenvalue weighted by Crippen LogP contribution is -2.44. The molecule has 0 saturated carbocycles. The average Bonchev–Trinajstić information content (AvgIpc) is 2.73. The van der Waals surface area contributed by atoms with Gasteiger partial charge in [-0.25, -0.2) is 0 Å². The largest absolute Gasteiger partial charge is 0.543 e. The lowest BCUT2D eigenvalue weighted by Gasteiger charge is -2.39. The topological polar surface area (TPSA) is 27.7 Å². The van der Waals surface area contributed by atoms with E-state index < -0.39 is 13.9 Å². The van der Waals surface area contributed by atoms with E-state index in [1.165, 1.54) is 5.56 Å². The molecule has 3 nitrogen and oxygen atoms in total. The molecule has 34 heavy (non-hydrogen) atoms. The van der Waals surface area contributed by atoms with Crippen LogP contribution in [0.4, 0.5) is 0 Å². The molecule has 1 aliphatic rings. The van der Waals surface area contributed by atoms with Crippen LogP contribution in [0.3, 0.4) is 0 Å². The Bertz CT molecular complexity index is 1200. The van der Waals surface area contributed by atoms with E-state index >= 15 is 0 Å². The summed E-state index contributed by atoms with van der Waals surface area (Å²) in [6.07, 6.45) is 0. The highest BCUT2D eigenvalue weighted by molar-refractivity contribution is 6.74. The van der Waals surface area contributed by atoms with Crippen molar-refractivity contribution in [3.63, 3.8) is 0 Å². The zero-order chi connectivity index (χ0) is 24.9. The van der Waals surface area contributed by atoms with Gasteiger partial charge in [-0.2, -0.15) is 0 Å². The molecule has 0 aliphatic carbocycles. The molecule has 0 N–H and O–H groups in total. The van der Waals surface area contributed by atoms with Gasteiger partial charge in [0.1, 0.15) is 29.5 Å². The van der Waals surface area contributed by atoms with Crippen molar-refractivity contribution in [2.75, 3.05) is 0 Å². The van der Waals surface area contributed by atoms with Gasteiger partial charge < -0.3 is 13.9 Å². The summed E-state index contributed by atoms with van der Waals surface area (Å²) in [6, 6.07) is 19.0. The maximum absolute atomic E-state index is 6.67. The van der Waals surface area contributed by atoms with Crippen LogP contribution in [0, 0.1) is 13.8 Å². The quantitative estimate of drug-likeness (QED) is 0.347. The van der Waals surface area contributed by atoms with Crippen molar-refractivity contribution in [2.24, 2.45) is 0 Å². The third-order valence-electron chi connectivity index (χ3n) is 7.30. The maximum atomic E-state index is 6.67. The molecule has 0 bridgehead atoms. The predicted octanol–water partition coefficient (Wildman–Crippen LogP) is 8.56. The number of ether oxygens (including phenoxy) is 2. The van der Waals surface area contributed by atoms with E-state index in [1.54, 1.807) is 0 Å². The lowest BCUT2D eigenvalue weighted by atomic mass is 9.84. The summed E-state index contributed by atoms with van der Waals surface area (Å²) in [5.41, 5.74) is 6.41. The first-order chi connectivity index (χ1) is 15.8. The fourth-order valence-corrected chi connectivity index (χ4v) is 5.21. The molecule has 0 aromatic heterocycles. The zero-order valence-electron chi connectivity index (χ0n) is 22.1. The van der Waals surface area contributed by atoms with Crippen LogP contribution in [0.2, 0.25) is 18.1 Å². The predicted molar refractivity (Wildman–Crippen MR) is 144 cm³/mol. The summed E-state index contributed by atoms with van der Waals surface area (Å²) < 4.78 is 19.5. The highest BCUT2D eigenvalue weighted by atomic mass is 28.4. The fourth-order valence-electron chi connectivity index (χ4n) is 4.13. The van der Waals surface area contributed by atoms with Gasteiger partial charge in [0, 0.05) is 17.2 Å². The first kappa shape index (κ1) is 24.4. The van der Waals surface area contributed by atoms with E-state index in [4.69, 9.17) is 13.9 Å². The molecule has 0 saturated heterocycles. The third kappa shape index (κ3) is 4.61. The van der Waals surface area contributed by atoms with Crippen molar-refractivity contribution in [3.8, 4) is 28.4 Å². The first-order valence-electron chi connectivity index (χ1n) is 12.1. The minimum absolute atomic E-state index is 0.134. The number of benzene rings is 3. The molecule has 1 heterocycles. The molecule has 3 aromatic carbocycles. The number of hydrogen-bond acceptors (Lipinski definition) is 3. The van der Waals surface area contributed by atoms with Crippen LogP contribution in [0.5, 0.6) is 17.2 Å². The van der Waals surface area contributed by atoms with Gasteiger partial charge in [-0.1, -0.05) is 51.1 Å². The first-order valence-corrected chi connectivity index (χ1v) is 15.0. The van der Waals surface area contributed by atoms with Gasteiger partial charge in [0.05, 0.1) is 0 Å². The summed E-state index contributed by atoms with van der Waals surface area (Å²) in [4.78, 5) is 0. The molecule has 0 radical (unpaired) electrons. The van der Waals surface area contributed by atoms with E-state index in [2.05, 4.69) is 98.0 Å². The van der Waals surface area contributed by atoms with Gasteiger partial charge in [0.25, 0.3) is 0 Å². The summed E-state index contributed by atoms with van der Waals surface area (Å²) in [6.45, 7) is 20.4. The monoisotopic (exact) mass is 474 g/mol. The molecule has 1 aliphatic heterocycles. The maximum Gasteiger partial charge on any atom is 0.250 e. The van der Waals surface area contributed by atoms with Gasteiger partial charge in [-0.15, -0.1) is 0 Å². The Hall–Kier alpha value is -2.72. The Morgan fingerprint density at radius 2 is 1.47 bits per heavy atom. The Balaban J connectivity index is 1.72. The highest BCUT2D eigenvalue weighted by Gasteiger charge is 2.40. The Kier molecular flexibility index (Phi) is 6.10. The minimum Gasteiger partial charge on any atom is -0.543 e. The van der Waals surface area contributed by atoms with Crippen LogP contribution in [0.1, 0.15) is 56.9 Å². The van der Waals surface area contributed by atoms with E-state index in [-0.39, 0.29) is 5.04 Å². The smallest absolute Gasteiger partial charge is 0.250 e. The molecule has 0 fully saturated rings. The molecular weight excluding hydrogens is 436 g/mol. The molecule has 0 atom stereocenters. The lowest BCUT2D eigenvalue weighted by molar-refractivity contribution is 0.105. The second-order valence-corrected chi connectivity index (χ2v) is 16.3. The van der Waals surface area contributed by atoms with Crippen molar-refractivity contribution >= 4 is 8.32 Å². The summed E-state index contributed by atoms with van der Waals surface area (Å²) in [5, 5.41) is 0.134. The van der Waals surface area contributed by atoms with E-state index in [0.29, 0.717) is 6.61 Å². The molecule has 3 aromatic rings. The summed E-state index contributed by atoms with van der Waals surface area (Å²) in [5.74, 6) is 2.72. The SMILES string of the molecule is Cc1cc2c(cc1OCc1ccccc1)C(C)(C)Oc1cc(O[Si](C)(C)C(C)(C)C)c(C)cc1-2. The molecular formula is C30H38O3Si. The Morgan fingerprint density at radius 1 is 0.853 bits per heavy atom. The van der Waals surface area contributed by atoms with Gasteiger partial charge in [-0.3, -0.25) is 0 Å². The minimum atomic E-state index is -1.96. The number of hydrogen-bond donors (Lipinski definition) is 0. The Morgan fingerprint density at radius 3 is 2.12 bits per heavy atom. The van der Waals surface area contributed by atoms with Gasteiger partial charge >= 0.3 is 0 Å². The molecule has 0 unspecified atom stereocenters. The van der Waals surface area contributed by atoms with Crippen LogP contribution < -0.4 is 13.9 Å². The van der Waals surface area contributed by atoms with Crippen molar-refractivity contribution in [1.82, 2.24) is 0 Å². The van der Waals surface area contributed by atoms with Crippen LogP contribution >= 0.6 is 0 Å². The summed E-state index contributed by atoms with van der Waals surface area (Å²) in [7, 11) is -1.96. The van der Waals surface area contributed by atoms with Crippen molar-refractivity contribution in [3.05, 3.63) is 76.9 Å². The molecule has 0 spiro atoms. The zero-order valence-corrected chi connectivity index (χ0v) is 23.1. The van der Waals surface area contributed by atoms with Crippen molar-refractivity contribution < 1.29 is 13.9 Å². The number of rotatable bonds is 5. The molecule has 4 heteroatoms. The average molecular weight is 475 g/mol. The highest BCUT2D eigenvalue weighted by Crippen LogP contribution is 2.50. The number of fused-ring (bicyclic) bond motifs is 3. The second-order valence-electron chi connectivity index (χ2n) is 11.5. The van der Waals surface area contributed by atoms with Gasteiger partial charge in [0.15, 0.2) is 0 Å². The normalized spacial score (nSPS) is 14.6. The van der Waals surface area contributed by atoms with Crippen LogP contribution in [-0.2, 0) is 12.2 Å². The van der Waals surface area contributed by atoms with Crippen LogP contribution in [-0.4, -0.2) is 8.32 Å². The molecule has 180 valence electrons.